The SMILES string of the molecule is CCc1c2c(nc3cc4c(c(N)c13)OCO4)-c1cc3c(c(=O)n1C2)COC(=O)[C@]3(O)CC. The minimum absolute atomic E-state index is 0.0972. The molecule has 0 saturated heterocycles. The van der Waals surface area contributed by atoms with E-state index in [2.05, 4.69) is 0 Å². The van der Waals surface area contributed by atoms with Crippen molar-refractivity contribution in [3.63, 3.8) is 0 Å². The molecule has 3 aromatic rings. The quantitative estimate of drug-likeness (QED) is 0.361. The Bertz CT molecular complexity index is 1430. The van der Waals surface area contributed by atoms with Crippen molar-refractivity contribution in [3.8, 4) is 22.9 Å². The predicted octanol–water partition coefficient (Wildman–Crippen LogP) is 1.95. The standard InChI is InChI=1S/C23H21N3O6/c1-3-10-11-7-26-15(5-13-12(21(26)27)8-30-22(28)23(13,29)4-2)19(11)25-14-6-16-20(32-9-31-16)18(24)17(10)14/h5-6,29H,3-4,7-9,24H2,1-2H3/t23-/m0/s1. The van der Waals surface area contributed by atoms with Crippen molar-refractivity contribution < 1.29 is 24.1 Å². The lowest BCUT2D eigenvalue weighted by Gasteiger charge is -2.31. The summed E-state index contributed by atoms with van der Waals surface area (Å²) < 4.78 is 17.8. The number of cyclic esters (lactones) is 1. The first-order valence-electron chi connectivity index (χ1n) is 10.6. The molecular weight excluding hydrogens is 414 g/mol. The van der Waals surface area contributed by atoms with Crippen molar-refractivity contribution in [2.45, 2.75) is 45.4 Å². The van der Waals surface area contributed by atoms with E-state index in [9.17, 15) is 14.7 Å². The number of benzene rings is 1. The second kappa shape index (κ2) is 6.23. The zero-order valence-electron chi connectivity index (χ0n) is 17.7. The number of aromatic nitrogens is 2. The molecule has 5 heterocycles. The lowest BCUT2D eigenvalue weighted by Crippen LogP contribution is -2.44. The Kier molecular flexibility index (Phi) is 3.72. The van der Waals surface area contributed by atoms with Crippen LogP contribution in [0.5, 0.6) is 11.5 Å². The Hall–Kier alpha value is -3.59. The van der Waals surface area contributed by atoms with Crippen molar-refractivity contribution in [1.29, 1.82) is 0 Å². The molecule has 2 aromatic heterocycles. The number of hydrogen-bond donors (Lipinski definition) is 2. The van der Waals surface area contributed by atoms with Crippen LogP contribution in [0.3, 0.4) is 0 Å². The van der Waals surface area contributed by atoms with Crippen LogP contribution < -0.4 is 20.8 Å². The van der Waals surface area contributed by atoms with E-state index in [0.717, 1.165) is 16.5 Å². The molecule has 32 heavy (non-hydrogen) atoms. The Morgan fingerprint density at radius 3 is 2.75 bits per heavy atom. The average molecular weight is 435 g/mol. The highest BCUT2D eigenvalue weighted by atomic mass is 16.7. The first-order chi connectivity index (χ1) is 15.4. The van der Waals surface area contributed by atoms with Gasteiger partial charge in [-0.25, -0.2) is 9.78 Å². The van der Waals surface area contributed by atoms with Gasteiger partial charge in [0.1, 0.15) is 6.61 Å². The topological polar surface area (TPSA) is 126 Å². The number of ether oxygens (including phenoxy) is 3. The fourth-order valence-electron chi connectivity index (χ4n) is 5.12. The van der Waals surface area contributed by atoms with Crippen molar-refractivity contribution >= 4 is 22.6 Å². The number of fused-ring (bicyclic) bond motifs is 6. The second-order valence-corrected chi connectivity index (χ2v) is 8.29. The minimum Gasteiger partial charge on any atom is -0.458 e. The number of carbonyl (C=O) groups is 1. The molecule has 0 spiro atoms. The van der Waals surface area contributed by atoms with Crippen LogP contribution in [-0.4, -0.2) is 27.4 Å². The molecule has 3 N–H and O–H groups in total. The number of nitrogens with two attached hydrogens (primary N) is 1. The summed E-state index contributed by atoms with van der Waals surface area (Å²) in [5.74, 6) is 0.311. The number of nitrogens with zero attached hydrogens (tertiary/aromatic N) is 2. The minimum atomic E-state index is -1.86. The molecule has 9 nitrogen and oxygen atoms in total. The fourth-order valence-corrected chi connectivity index (χ4v) is 5.12. The molecule has 0 aliphatic carbocycles. The molecule has 0 unspecified atom stereocenters. The molecule has 6 rings (SSSR count). The molecule has 0 radical (unpaired) electrons. The van der Waals surface area contributed by atoms with Gasteiger partial charge in [-0.05, 0) is 24.5 Å². The number of anilines is 1. The highest BCUT2D eigenvalue weighted by Gasteiger charge is 2.45. The van der Waals surface area contributed by atoms with Gasteiger partial charge in [-0.15, -0.1) is 0 Å². The summed E-state index contributed by atoms with van der Waals surface area (Å²) in [5.41, 5.74) is 9.11. The van der Waals surface area contributed by atoms with Gasteiger partial charge >= 0.3 is 5.97 Å². The van der Waals surface area contributed by atoms with Crippen molar-refractivity contribution in [2.75, 3.05) is 12.5 Å². The molecule has 0 amide bonds. The summed E-state index contributed by atoms with van der Waals surface area (Å²) in [4.78, 5) is 30.6. The van der Waals surface area contributed by atoms with Crippen LogP contribution in [0.4, 0.5) is 5.69 Å². The molecule has 0 fully saturated rings. The van der Waals surface area contributed by atoms with E-state index in [1.54, 1.807) is 23.6 Å². The Labute approximate surface area is 182 Å². The monoisotopic (exact) mass is 435 g/mol. The van der Waals surface area contributed by atoms with Crippen LogP contribution in [-0.2, 0) is 34.7 Å². The van der Waals surface area contributed by atoms with Gasteiger partial charge in [-0.1, -0.05) is 13.8 Å². The third kappa shape index (κ3) is 2.18. The Morgan fingerprint density at radius 2 is 2.00 bits per heavy atom. The molecule has 9 heteroatoms. The normalized spacial score (nSPS) is 20.2. The fraction of sp³-hybridized carbons (Fsp3) is 0.348. The molecular formula is C23H21N3O6. The molecule has 0 saturated carbocycles. The Balaban J connectivity index is 1.67. The third-order valence-corrected chi connectivity index (χ3v) is 6.82. The lowest BCUT2D eigenvalue weighted by molar-refractivity contribution is -0.172. The Morgan fingerprint density at radius 1 is 1.19 bits per heavy atom. The number of pyridine rings is 2. The maximum atomic E-state index is 13.4. The summed E-state index contributed by atoms with van der Waals surface area (Å²) in [5, 5.41) is 11.8. The van der Waals surface area contributed by atoms with Crippen LogP contribution in [0.25, 0.3) is 22.3 Å². The molecule has 1 atom stereocenters. The summed E-state index contributed by atoms with van der Waals surface area (Å²) in [6.07, 6.45) is 0.772. The summed E-state index contributed by atoms with van der Waals surface area (Å²) in [6.45, 7) is 3.98. The second-order valence-electron chi connectivity index (χ2n) is 8.29. The van der Waals surface area contributed by atoms with Crippen molar-refractivity contribution in [3.05, 3.63) is 44.7 Å². The summed E-state index contributed by atoms with van der Waals surface area (Å²) >= 11 is 0. The van der Waals surface area contributed by atoms with Gasteiger partial charge in [0.2, 0.25) is 6.79 Å². The largest absolute Gasteiger partial charge is 0.458 e. The molecule has 3 aliphatic rings. The number of nitrogen functional groups attached to an aromatic ring is 1. The summed E-state index contributed by atoms with van der Waals surface area (Å²) in [6, 6.07) is 3.51. The van der Waals surface area contributed by atoms with E-state index in [1.165, 1.54) is 0 Å². The number of aliphatic hydroxyl groups is 1. The third-order valence-electron chi connectivity index (χ3n) is 6.82. The van der Waals surface area contributed by atoms with E-state index in [4.69, 9.17) is 24.9 Å². The van der Waals surface area contributed by atoms with Crippen LogP contribution in [0.2, 0.25) is 0 Å². The van der Waals surface area contributed by atoms with E-state index in [1.807, 2.05) is 6.92 Å². The molecule has 164 valence electrons. The summed E-state index contributed by atoms with van der Waals surface area (Å²) in [7, 11) is 0. The maximum Gasteiger partial charge on any atom is 0.343 e. The van der Waals surface area contributed by atoms with Gasteiger partial charge in [0.15, 0.2) is 17.1 Å². The number of carbonyl (C=O) groups excluding carboxylic acids is 1. The number of hydrogen-bond acceptors (Lipinski definition) is 8. The highest BCUT2D eigenvalue weighted by molar-refractivity contribution is 6.01. The van der Waals surface area contributed by atoms with Crippen LogP contribution in [0, 0.1) is 0 Å². The van der Waals surface area contributed by atoms with Gasteiger partial charge in [-0.2, -0.15) is 0 Å². The number of aryl methyl sites for hydroxylation is 1. The smallest absolute Gasteiger partial charge is 0.343 e. The van der Waals surface area contributed by atoms with Gasteiger partial charge in [0, 0.05) is 22.6 Å². The number of rotatable bonds is 2. The maximum absolute atomic E-state index is 13.4. The molecule has 3 aliphatic heterocycles. The lowest BCUT2D eigenvalue weighted by atomic mass is 9.86. The van der Waals surface area contributed by atoms with Gasteiger partial charge in [0.25, 0.3) is 5.56 Å². The van der Waals surface area contributed by atoms with Crippen LogP contribution in [0.1, 0.15) is 42.5 Å². The van der Waals surface area contributed by atoms with E-state index in [-0.39, 0.29) is 25.4 Å². The zero-order valence-corrected chi connectivity index (χ0v) is 17.7. The number of esters is 1. The van der Waals surface area contributed by atoms with E-state index in [0.29, 0.717) is 58.2 Å². The van der Waals surface area contributed by atoms with Crippen molar-refractivity contribution in [2.24, 2.45) is 0 Å². The first kappa shape index (κ1) is 19.1. The van der Waals surface area contributed by atoms with Gasteiger partial charge in [0.05, 0.1) is 34.7 Å². The zero-order chi connectivity index (χ0) is 22.4. The van der Waals surface area contributed by atoms with E-state index >= 15 is 0 Å². The van der Waals surface area contributed by atoms with Gasteiger partial charge < -0.3 is 29.6 Å². The first-order valence-corrected chi connectivity index (χ1v) is 10.6. The molecule has 0 bridgehead atoms. The van der Waals surface area contributed by atoms with Crippen molar-refractivity contribution in [1.82, 2.24) is 9.55 Å². The molecule has 1 aromatic carbocycles. The van der Waals surface area contributed by atoms with E-state index < -0.39 is 11.6 Å². The van der Waals surface area contributed by atoms with Crippen LogP contribution >= 0.6 is 0 Å². The predicted molar refractivity (Wildman–Crippen MR) is 114 cm³/mol. The van der Waals surface area contributed by atoms with Gasteiger partial charge in [-0.3, -0.25) is 4.79 Å². The highest BCUT2D eigenvalue weighted by Crippen LogP contribution is 2.47. The van der Waals surface area contributed by atoms with Crippen LogP contribution in [0.15, 0.2) is 16.9 Å². The average Bonchev–Trinajstić information content (AvgIpc) is 3.40.